The van der Waals surface area contributed by atoms with Crippen molar-refractivity contribution < 1.29 is 32.2 Å². The number of carbonyl (C=O) groups is 1. The fourth-order valence-corrected chi connectivity index (χ4v) is 3.45. The van der Waals surface area contributed by atoms with Crippen LogP contribution in [0.15, 0.2) is 24.3 Å². The van der Waals surface area contributed by atoms with Gasteiger partial charge < -0.3 is 19.1 Å². The Morgan fingerprint density at radius 2 is 2.03 bits per heavy atom. The van der Waals surface area contributed by atoms with Crippen LogP contribution < -0.4 is 4.90 Å². The first kappa shape index (κ1) is 22.0. The van der Waals surface area contributed by atoms with Crippen LogP contribution in [0.25, 0.3) is 0 Å². The van der Waals surface area contributed by atoms with E-state index in [4.69, 9.17) is 14.2 Å². The number of hydrogen-bond acceptors (Lipinski definition) is 5. The first-order valence-electron chi connectivity index (χ1n) is 9.90. The lowest BCUT2D eigenvalue weighted by molar-refractivity contribution is -0.137. The van der Waals surface area contributed by atoms with E-state index in [9.17, 15) is 18.0 Å². The first-order chi connectivity index (χ1) is 13.9. The van der Waals surface area contributed by atoms with Crippen LogP contribution in [0.4, 0.5) is 18.9 Å². The number of halogens is 3. The summed E-state index contributed by atoms with van der Waals surface area (Å²) in [7, 11) is 0. The summed E-state index contributed by atoms with van der Waals surface area (Å²) in [5.74, 6) is -0.365. The van der Waals surface area contributed by atoms with Gasteiger partial charge in [0.15, 0.2) is 0 Å². The molecule has 162 valence electrons. The van der Waals surface area contributed by atoms with Crippen LogP contribution in [0.5, 0.6) is 0 Å². The highest BCUT2D eigenvalue weighted by atomic mass is 19.4. The number of rotatable bonds is 8. The van der Waals surface area contributed by atoms with E-state index < -0.39 is 11.7 Å². The maximum absolute atomic E-state index is 13.1. The van der Waals surface area contributed by atoms with E-state index in [1.54, 1.807) is 0 Å². The normalized spacial score (nSPS) is 20.7. The number of amides is 1. The Bertz CT molecular complexity index is 659. The number of ether oxygens (including phenoxy) is 3. The monoisotopic (exact) mass is 416 g/mol. The maximum atomic E-state index is 13.1. The number of hydrogen-bond donors (Lipinski definition) is 0. The van der Waals surface area contributed by atoms with Crippen molar-refractivity contribution in [1.82, 2.24) is 4.90 Å². The minimum absolute atomic E-state index is 0.0156. The summed E-state index contributed by atoms with van der Waals surface area (Å²) in [6.07, 6.45) is -2.62. The zero-order chi connectivity index (χ0) is 20.7. The van der Waals surface area contributed by atoms with Crippen molar-refractivity contribution in [2.45, 2.75) is 25.1 Å². The average molecular weight is 416 g/mol. The highest BCUT2D eigenvalue weighted by Gasteiger charge is 2.31. The molecule has 2 aliphatic rings. The van der Waals surface area contributed by atoms with Crippen LogP contribution in [-0.4, -0.2) is 76.1 Å². The van der Waals surface area contributed by atoms with Gasteiger partial charge in [-0.05, 0) is 31.0 Å². The van der Waals surface area contributed by atoms with Crippen LogP contribution >= 0.6 is 0 Å². The predicted molar refractivity (Wildman–Crippen MR) is 101 cm³/mol. The number of alkyl halides is 3. The molecule has 2 aliphatic heterocycles. The van der Waals surface area contributed by atoms with Gasteiger partial charge in [-0.1, -0.05) is 6.07 Å². The topological polar surface area (TPSA) is 51.2 Å². The Balaban J connectivity index is 1.65. The van der Waals surface area contributed by atoms with Gasteiger partial charge in [0.05, 0.1) is 31.5 Å². The molecule has 2 heterocycles. The molecule has 2 saturated heterocycles. The molecule has 0 N–H and O–H groups in total. The molecule has 6 nitrogen and oxygen atoms in total. The fourth-order valence-electron chi connectivity index (χ4n) is 3.45. The third-order valence-electron chi connectivity index (χ3n) is 5.08. The predicted octanol–water partition coefficient (Wildman–Crippen LogP) is 2.57. The summed E-state index contributed by atoms with van der Waals surface area (Å²) >= 11 is 0. The Morgan fingerprint density at radius 1 is 1.24 bits per heavy atom. The third kappa shape index (κ3) is 6.67. The quantitative estimate of drug-likeness (QED) is 0.652. The number of carbonyl (C=O) groups excluding carboxylic acids is 1. The lowest BCUT2D eigenvalue weighted by Gasteiger charge is -2.30. The largest absolute Gasteiger partial charge is 0.416 e. The van der Waals surface area contributed by atoms with Crippen molar-refractivity contribution in [2.75, 3.05) is 64.1 Å². The molecule has 0 aromatic heterocycles. The van der Waals surface area contributed by atoms with Crippen molar-refractivity contribution in [3.05, 3.63) is 29.8 Å². The Hall–Kier alpha value is -1.68. The van der Waals surface area contributed by atoms with E-state index in [0.717, 1.165) is 38.1 Å². The highest BCUT2D eigenvalue weighted by Crippen LogP contribution is 2.31. The fraction of sp³-hybridized carbons (Fsp3) is 0.650. The van der Waals surface area contributed by atoms with E-state index in [1.807, 2.05) is 0 Å². The molecular weight excluding hydrogens is 389 g/mol. The summed E-state index contributed by atoms with van der Waals surface area (Å²) in [4.78, 5) is 16.3. The Kier molecular flexibility index (Phi) is 7.88. The van der Waals surface area contributed by atoms with Crippen molar-refractivity contribution in [2.24, 2.45) is 0 Å². The van der Waals surface area contributed by atoms with Crippen molar-refractivity contribution in [1.29, 1.82) is 0 Å². The minimum Gasteiger partial charge on any atom is -0.379 e. The van der Waals surface area contributed by atoms with E-state index in [2.05, 4.69) is 4.90 Å². The molecule has 0 unspecified atom stereocenters. The molecule has 9 heteroatoms. The molecule has 0 aliphatic carbocycles. The molecule has 0 radical (unpaired) electrons. The molecule has 0 bridgehead atoms. The third-order valence-corrected chi connectivity index (χ3v) is 5.08. The second-order valence-corrected chi connectivity index (χ2v) is 7.20. The molecule has 0 saturated carbocycles. The highest BCUT2D eigenvalue weighted by molar-refractivity contribution is 5.94. The lowest BCUT2D eigenvalue weighted by Crippen LogP contribution is -2.44. The molecule has 29 heavy (non-hydrogen) atoms. The second kappa shape index (κ2) is 10.4. The van der Waals surface area contributed by atoms with E-state index in [1.165, 1.54) is 17.0 Å². The minimum atomic E-state index is -4.47. The van der Waals surface area contributed by atoms with Crippen LogP contribution in [0, 0.1) is 0 Å². The van der Waals surface area contributed by atoms with Crippen LogP contribution in [0.2, 0.25) is 0 Å². The van der Waals surface area contributed by atoms with Crippen molar-refractivity contribution in [3.8, 4) is 0 Å². The number of anilines is 1. The van der Waals surface area contributed by atoms with Gasteiger partial charge in [0, 0.05) is 38.5 Å². The molecular formula is C20H27F3N2O4. The smallest absolute Gasteiger partial charge is 0.379 e. The van der Waals surface area contributed by atoms with E-state index >= 15 is 0 Å². The molecule has 1 aromatic rings. The summed E-state index contributed by atoms with van der Waals surface area (Å²) in [6, 6.07) is 4.85. The molecule has 0 spiro atoms. The molecule has 3 rings (SSSR count). The van der Waals surface area contributed by atoms with Gasteiger partial charge in [0.25, 0.3) is 5.91 Å². The Morgan fingerprint density at radius 3 is 2.72 bits per heavy atom. The van der Waals surface area contributed by atoms with Gasteiger partial charge in [0.2, 0.25) is 0 Å². The van der Waals surface area contributed by atoms with E-state index in [-0.39, 0.29) is 30.9 Å². The van der Waals surface area contributed by atoms with Crippen molar-refractivity contribution >= 4 is 11.6 Å². The van der Waals surface area contributed by atoms with Gasteiger partial charge >= 0.3 is 6.18 Å². The van der Waals surface area contributed by atoms with Gasteiger partial charge in [-0.25, -0.2) is 0 Å². The number of nitrogens with zero attached hydrogens (tertiary/aromatic N) is 2. The molecule has 2 fully saturated rings. The second-order valence-electron chi connectivity index (χ2n) is 7.20. The summed E-state index contributed by atoms with van der Waals surface area (Å²) in [6.45, 7) is 4.34. The molecule has 1 amide bonds. The number of morpholine rings is 1. The SMILES string of the molecule is O=C(COC[C@@H]1CCCO1)N(CCN1CCOCC1)c1cccc(C(F)(F)F)c1. The molecule has 1 aromatic carbocycles. The van der Waals surface area contributed by atoms with Gasteiger partial charge in [-0.15, -0.1) is 0 Å². The first-order valence-corrected chi connectivity index (χ1v) is 9.90. The van der Waals surface area contributed by atoms with Crippen molar-refractivity contribution in [3.63, 3.8) is 0 Å². The van der Waals surface area contributed by atoms with Crippen LogP contribution in [0.1, 0.15) is 18.4 Å². The lowest BCUT2D eigenvalue weighted by atomic mass is 10.1. The maximum Gasteiger partial charge on any atom is 0.416 e. The zero-order valence-corrected chi connectivity index (χ0v) is 16.3. The number of benzene rings is 1. The zero-order valence-electron chi connectivity index (χ0n) is 16.3. The average Bonchev–Trinajstić information content (AvgIpc) is 3.22. The van der Waals surface area contributed by atoms with E-state index in [0.29, 0.717) is 33.0 Å². The van der Waals surface area contributed by atoms with Crippen LogP contribution in [0.3, 0.4) is 0 Å². The molecule has 1 atom stereocenters. The van der Waals surface area contributed by atoms with Gasteiger partial charge in [0.1, 0.15) is 6.61 Å². The van der Waals surface area contributed by atoms with Gasteiger partial charge in [-0.2, -0.15) is 13.2 Å². The van der Waals surface area contributed by atoms with Gasteiger partial charge in [-0.3, -0.25) is 9.69 Å². The standard InChI is InChI=1S/C20H27F3N2O4/c21-20(22,23)16-3-1-4-17(13-16)25(7-6-24-8-11-27-12-9-24)19(26)15-28-14-18-5-2-10-29-18/h1,3-4,13,18H,2,5-12,14-15H2/t18-/m0/s1. The summed E-state index contributed by atoms with van der Waals surface area (Å²) in [5.41, 5.74) is -0.557. The summed E-state index contributed by atoms with van der Waals surface area (Å²) < 4.78 is 55.6. The van der Waals surface area contributed by atoms with Crippen LogP contribution in [-0.2, 0) is 25.2 Å². The Labute approximate surface area is 168 Å². The summed E-state index contributed by atoms with van der Waals surface area (Å²) in [5, 5.41) is 0.